The lowest BCUT2D eigenvalue weighted by Gasteiger charge is -2.31. The third-order valence-corrected chi connectivity index (χ3v) is 7.00. The summed E-state index contributed by atoms with van der Waals surface area (Å²) in [6.45, 7) is 8.61. The molecule has 3 rings (SSSR count). The Bertz CT molecular complexity index is 639. The minimum absolute atomic E-state index is 0.163. The number of benzene rings is 1. The fourth-order valence-corrected chi connectivity index (χ4v) is 5.47. The predicted octanol–water partition coefficient (Wildman–Crippen LogP) is 1.71. The van der Waals surface area contributed by atoms with Gasteiger partial charge in [-0.15, -0.1) is 0 Å². The van der Waals surface area contributed by atoms with Crippen LogP contribution in [0.5, 0.6) is 0 Å². The molecule has 140 valence electrons. The van der Waals surface area contributed by atoms with Gasteiger partial charge in [-0.2, -0.15) is 0 Å². The highest BCUT2D eigenvalue weighted by Gasteiger charge is 2.32. The van der Waals surface area contributed by atoms with E-state index in [1.807, 2.05) is 0 Å². The van der Waals surface area contributed by atoms with Crippen LogP contribution in [-0.2, 0) is 21.1 Å². The monoisotopic (exact) mass is 366 g/mol. The summed E-state index contributed by atoms with van der Waals surface area (Å²) in [6, 6.07) is 8.75. The topological polar surface area (TPSA) is 49.9 Å². The van der Waals surface area contributed by atoms with Crippen molar-refractivity contribution in [3.63, 3.8) is 0 Å². The van der Waals surface area contributed by atoms with E-state index in [1.54, 1.807) is 0 Å². The number of aryl methyl sites for hydroxylation is 1. The van der Waals surface area contributed by atoms with Crippen molar-refractivity contribution in [1.29, 1.82) is 0 Å². The number of ether oxygens (including phenoxy) is 1. The molecule has 2 aliphatic rings. The summed E-state index contributed by atoms with van der Waals surface area (Å²) in [7, 11) is -2.85. The van der Waals surface area contributed by atoms with E-state index >= 15 is 0 Å². The Morgan fingerprint density at radius 3 is 2.56 bits per heavy atom. The maximum Gasteiger partial charge on any atom is 0.151 e. The lowest BCUT2D eigenvalue weighted by molar-refractivity contribution is 0.0354. The van der Waals surface area contributed by atoms with Crippen molar-refractivity contribution in [3.05, 3.63) is 35.4 Å². The van der Waals surface area contributed by atoms with Gasteiger partial charge >= 0.3 is 0 Å². The van der Waals surface area contributed by atoms with E-state index in [-0.39, 0.29) is 6.04 Å². The van der Waals surface area contributed by atoms with E-state index in [0.29, 0.717) is 11.5 Å². The van der Waals surface area contributed by atoms with Crippen molar-refractivity contribution >= 4 is 9.84 Å². The first-order valence-electron chi connectivity index (χ1n) is 9.32. The van der Waals surface area contributed by atoms with E-state index in [1.165, 1.54) is 11.1 Å². The third-order valence-electron chi connectivity index (χ3n) is 5.25. The molecule has 2 saturated heterocycles. The van der Waals surface area contributed by atoms with Gasteiger partial charge in [0.05, 0.1) is 24.7 Å². The molecule has 2 fully saturated rings. The largest absolute Gasteiger partial charge is 0.379 e. The summed E-state index contributed by atoms with van der Waals surface area (Å²) in [5.41, 5.74) is 2.52. The number of hydrogen-bond acceptors (Lipinski definition) is 5. The first kappa shape index (κ1) is 18.8. The molecule has 0 radical (unpaired) electrons. The zero-order valence-electron chi connectivity index (χ0n) is 15.2. The van der Waals surface area contributed by atoms with Gasteiger partial charge in [-0.3, -0.25) is 9.80 Å². The molecule has 5 nitrogen and oxygen atoms in total. The van der Waals surface area contributed by atoms with Crippen molar-refractivity contribution < 1.29 is 13.2 Å². The van der Waals surface area contributed by atoms with Gasteiger partial charge in [0.2, 0.25) is 0 Å². The van der Waals surface area contributed by atoms with Crippen LogP contribution < -0.4 is 0 Å². The normalized spacial score (nSPS) is 24.0. The van der Waals surface area contributed by atoms with Gasteiger partial charge < -0.3 is 4.74 Å². The highest BCUT2D eigenvalue weighted by molar-refractivity contribution is 7.91. The van der Waals surface area contributed by atoms with Crippen LogP contribution >= 0.6 is 0 Å². The maximum atomic E-state index is 11.9. The molecule has 1 aromatic carbocycles. The maximum absolute atomic E-state index is 11.9. The van der Waals surface area contributed by atoms with E-state index in [9.17, 15) is 8.42 Å². The highest BCUT2D eigenvalue weighted by Crippen LogP contribution is 2.20. The van der Waals surface area contributed by atoms with Crippen molar-refractivity contribution in [2.45, 2.75) is 32.4 Å². The zero-order chi connectivity index (χ0) is 17.7. The molecule has 0 aromatic heterocycles. The number of hydrogen-bond donors (Lipinski definition) is 0. The lowest BCUT2D eigenvalue weighted by atomic mass is 10.1. The van der Waals surface area contributed by atoms with Crippen LogP contribution in [-0.4, -0.2) is 75.2 Å². The average Bonchev–Trinajstić information content (AvgIpc) is 2.97. The van der Waals surface area contributed by atoms with Crippen LogP contribution in [0.3, 0.4) is 0 Å². The second-order valence-corrected chi connectivity index (χ2v) is 9.55. The van der Waals surface area contributed by atoms with Crippen LogP contribution in [0.25, 0.3) is 0 Å². The standard InChI is InChI=1S/C19H30N2O3S/c1-17-3-5-18(6-4-17)15-21(19-7-14-25(22,23)16-19)9-2-8-20-10-12-24-13-11-20/h3-6,19H,2,7-16H2,1H3/t19-/m0/s1. The molecule has 2 heterocycles. The van der Waals surface area contributed by atoms with Crippen LogP contribution in [0.1, 0.15) is 24.0 Å². The Labute approximate surface area is 151 Å². The number of sulfone groups is 1. The van der Waals surface area contributed by atoms with Crippen molar-refractivity contribution in [1.82, 2.24) is 9.80 Å². The van der Waals surface area contributed by atoms with Gasteiger partial charge in [0.15, 0.2) is 9.84 Å². The summed E-state index contributed by atoms with van der Waals surface area (Å²) >= 11 is 0. The smallest absolute Gasteiger partial charge is 0.151 e. The van der Waals surface area contributed by atoms with Gasteiger partial charge in [0.25, 0.3) is 0 Å². The van der Waals surface area contributed by atoms with Crippen molar-refractivity contribution in [2.75, 3.05) is 50.9 Å². The summed E-state index contributed by atoms with van der Waals surface area (Å²) in [5, 5.41) is 0. The summed E-state index contributed by atoms with van der Waals surface area (Å²) in [4.78, 5) is 4.83. The highest BCUT2D eigenvalue weighted by atomic mass is 32.2. The fraction of sp³-hybridized carbons (Fsp3) is 0.684. The van der Waals surface area contributed by atoms with Crippen LogP contribution in [0.2, 0.25) is 0 Å². The minimum Gasteiger partial charge on any atom is -0.379 e. The molecule has 0 N–H and O–H groups in total. The van der Waals surface area contributed by atoms with Gasteiger partial charge in [0, 0.05) is 32.2 Å². The number of morpholine rings is 1. The van der Waals surface area contributed by atoms with Crippen LogP contribution in [0, 0.1) is 6.92 Å². The molecule has 0 amide bonds. The molecule has 25 heavy (non-hydrogen) atoms. The van der Waals surface area contributed by atoms with Crippen LogP contribution in [0.15, 0.2) is 24.3 Å². The molecular formula is C19H30N2O3S. The molecule has 1 aromatic rings. The van der Waals surface area contributed by atoms with Crippen molar-refractivity contribution in [3.8, 4) is 0 Å². The first-order valence-corrected chi connectivity index (χ1v) is 11.1. The van der Waals surface area contributed by atoms with E-state index in [4.69, 9.17) is 4.74 Å². The number of rotatable bonds is 7. The van der Waals surface area contributed by atoms with Gasteiger partial charge in [-0.05, 0) is 31.9 Å². The van der Waals surface area contributed by atoms with Gasteiger partial charge in [-0.1, -0.05) is 29.8 Å². The summed E-state index contributed by atoms with van der Waals surface area (Å²) < 4.78 is 29.2. The fourth-order valence-electron chi connectivity index (χ4n) is 3.70. The van der Waals surface area contributed by atoms with Gasteiger partial charge in [0.1, 0.15) is 0 Å². The molecule has 0 spiro atoms. The summed E-state index contributed by atoms with van der Waals surface area (Å²) in [5.74, 6) is 0.655. The molecule has 1 atom stereocenters. The molecule has 0 saturated carbocycles. The third kappa shape index (κ3) is 5.78. The second-order valence-electron chi connectivity index (χ2n) is 7.32. The number of nitrogens with zero attached hydrogens (tertiary/aromatic N) is 2. The first-order chi connectivity index (χ1) is 12.0. The Morgan fingerprint density at radius 2 is 1.92 bits per heavy atom. The van der Waals surface area contributed by atoms with E-state index in [2.05, 4.69) is 41.0 Å². The van der Waals surface area contributed by atoms with Crippen molar-refractivity contribution in [2.24, 2.45) is 0 Å². The van der Waals surface area contributed by atoms with Crippen LogP contribution in [0.4, 0.5) is 0 Å². The molecule has 0 bridgehead atoms. The molecule has 0 unspecified atom stereocenters. The molecular weight excluding hydrogens is 336 g/mol. The summed E-state index contributed by atoms with van der Waals surface area (Å²) in [6.07, 6.45) is 1.84. The zero-order valence-corrected chi connectivity index (χ0v) is 16.0. The van der Waals surface area contributed by atoms with Gasteiger partial charge in [-0.25, -0.2) is 8.42 Å². The van der Waals surface area contributed by atoms with E-state index in [0.717, 1.165) is 58.8 Å². The average molecular weight is 367 g/mol. The molecule has 0 aliphatic carbocycles. The minimum atomic E-state index is -2.85. The molecule has 6 heteroatoms. The Balaban J connectivity index is 1.58. The Hall–Kier alpha value is -0.950. The quantitative estimate of drug-likeness (QED) is 0.735. The second kappa shape index (κ2) is 8.62. The predicted molar refractivity (Wildman–Crippen MR) is 101 cm³/mol. The lowest BCUT2D eigenvalue weighted by Crippen LogP contribution is -2.40. The Kier molecular flexibility index (Phi) is 6.49. The van der Waals surface area contributed by atoms with E-state index < -0.39 is 9.84 Å². The Morgan fingerprint density at radius 1 is 1.20 bits per heavy atom. The molecule has 2 aliphatic heterocycles. The SMILES string of the molecule is Cc1ccc(CN(CCCN2CCOCC2)[C@H]2CCS(=O)(=O)C2)cc1.